The van der Waals surface area contributed by atoms with Crippen molar-refractivity contribution in [3.8, 4) is 0 Å². The van der Waals surface area contributed by atoms with Crippen LogP contribution < -0.4 is 42.8 Å². The predicted molar refractivity (Wildman–Crippen MR) is 416 cm³/mol. The van der Waals surface area contributed by atoms with Gasteiger partial charge in [0, 0.05) is 31.8 Å². The fourth-order valence-corrected chi connectivity index (χ4v) is 9.68. The molecule has 596 valence electrons. The Morgan fingerprint density at radius 2 is 0.735 bits per heavy atom. The topological polar surface area (TPSA) is 523 Å². The van der Waals surface area contributed by atoms with Gasteiger partial charge in [-0.25, -0.2) is 73.1 Å². The van der Waals surface area contributed by atoms with Crippen LogP contribution in [-0.2, 0) is 28.2 Å². The van der Waals surface area contributed by atoms with Crippen molar-refractivity contribution in [2.24, 2.45) is 0 Å². The zero-order chi connectivity index (χ0) is 83.9. The van der Waals surface area contributed by atoms with Gasteiger partial charge >= 0.3 is 58.6 Å². The summed E-state index contributed by atoms with van der Waals surface area (Å²) in [7, 11) is 7.28. The first-order valence-corrected chi connectivity index (χ1v) is 37.0. The summed E-state index contributed by atoms with van der Waals surface area (Å²) in [5.41, 5.74) is 18.9. The second-order valence-electron chi connectivity index (χ2n) is 21.3. The van der Waals surface area contributed by atoms with Crippen LogP contribution in [0.25, 0.3) is 0 Å². The lowest BCUT2D eigenvalue weighted by molar-refractivity contribution is -0.894. The number of carboxylic acid groups (broad SMARTS) is 1. The van der Waals surface area contributed by atoms with Crippen LogP contribution in [0.3, 0.4) is 0 Å². The van der Waals surface area contributed by atoms with Gasteiger partial charge in [-0.3, -0.25) is 23.7 Å². The molecule has 113 heavy (non-hydrogen) atoms. The van der Waals surface area contributed by atoms with Gasteiger partial charge in [-0.2, -0.15) is 0 Å². The first kappa shape index (κ1) is 94.8. The third kappa shape index (κ3) is 26.4. The number of nitrogen functional groups attached to an aromatic ring is 3. The fourth-order valence-electron chi connectivity index (χ4n) is 9.21. The van der Waals surface area contributed by atoms with E-state index < -0.39 is 76.5 Å². The Morgan fingerprint density at radius 1 is 0.434 bits per heavy atom. The van der Waals surface area contributed by atoms with Gasteiger partial charge in [0.25, 0.3) is 23.6 Å². The maximum Gasteiger partial charge on any atom is 0.350 e. The summed E-state index contributed by atoms with van der Waals surface area (Å²) in [4.78, 5) is 164. The van der Waals surface area contributed by atoms with Crippen molar-refractivity contribution >= 4 is 168 Å². The molecule has 9 heterocycles. The van der Waals surface area contributed by atoms with Crippen LogP contribution >= 0.6 is 62.1 Å². The number of imide groups is 3. The first-order chi connectivity index (χ1) is 53.1. The highest BCUT2D eigenvalue weighted by atomic mass is 36.0. The fraction of sp³-hybridized carbons (Fsp3) is 0.167. The minimum Gasteiger partial charge on any atom is -0.478 e. The largest absolute Gasteiger partial charge is 0.478 e. The molecule has 9 aromatic rings. The summed E-state index contributed by atoms with van der Waals surface area (Å²) >= 11 is 25.4. The number of hydrogen-bond acceptors (Lipinski definition) is 30. The van der Waals surface area contributed by atoms with Crippen LogP contribution in [0.1, 0.15) is 145 Å². The number of nitrogens with two attached hydrogens (primary N) is 3. The summed E-state index contributed by atoms with van der Waals surface area (Å²) in [6.07, 6.45) is 4.94. The maximum absolute atomic E-state index is 12.3. The number of methoxy groups -OCH3 is 5. The number of halogens is 5. The minimum atomic E-state index is -3.22. The molecule has 3 aromatic carbocycles. The molecule has 12 rings (SSSR count). The Bertz CT molecular complexity index is 4850. The predicted octanol–water partition coefficient (Wildman–Crippen LogP) is 10.6. The smallest absolute Gasteiger partial charge is 0.350 e. The van der Waals surface area contributed by atoms with Crippen LogP contribution in [-0.4, -0.2) is 179 Å². The number of aliphatic hydroxyl groups is 1. The number of amides is 6. The van der Waals surface area contributed by atoms with Gasteiger partial charge in [0.1, 0.15) is 45.0 Å². The number of benzene rings is 3. The van der Waals surface area contributed by atoms with Crippen molar-refractivity contribution in [3.63, 3.8) is 0 Å². The molecule has 35 nitrogen and oxygen atoms in total. The number of hydrogen-bond donors (Lipinski definition) is 7. The molecular formula is C72H73Cl5N14O21P+. The zero-order valence-corrected chi connectivity index (χ0v) is 65.9. The van der Waals surface area contributed by atoms with Crippen LogP contribution in [0, 0.1) is 0 Å². The number of carbonyl (C=O) groups is 12. The molecular weight excluding hydrogens is 1610 g/mol. The number of aliphatic hydroxyl groups excluding tert-OH is 1. The molecule has 0 saturated heterocycles. The molecule has 0 aliphatic carbocycles. The van der Waals surface area contributed by atoms with Crippen molar-refractivity contribution in [2.75, 3.05) is 94.2 Å². The van der Waals surface area contributed by atoms with E-state index in [4.69, 9.17) is 50.6 Å². The molecule has 0 bridgehead atoms. The SMILES string of the molecule is CCN(CC)CC.CO.COC(=O)c1ccc(N)nc1.COC(=O)c1ccc(N)nc1Cl.COC(=O)c1ccc(N2C(=O)c3ccccc3C2=O)[n+](O)c1.COC(=O)c1ccc(N2C(=O)c3ccccc3C2=O)nc1.COC(=O)c1ccc(N2C(=O)c3ccccc3C2=O)nc1Cl.N.Nc1ccc(C(=O)O)cn1.O=P(Cl)(Cl)Cl. The number of nitrogens with zero attached hydrogens (tertiary/aromatic N) is 10. The lowest BCUT2D eigenvalue weighted by Gasteiger charge is -2.13. The highest BCUT2D eigenvalue weighted by Crippen LogP contribution is 2.61. The number of anilines is 6. The van der Waals surface area contributed by atoms with Crippen LogP contribution in [0.15, 0.2) is 170 Å². The molecule has 0 unspecified atom stereocenters. The van der Waals surface area contributed by atoms with Crippen molar-refractivity contribution < 1.29 is 106 Å². The van der Waals surface area contributed by atoms with Gasteiger partial charge in [-0.05, 0) is 156 Å². The highest BCUT2D eigenvalue weighted by Gasteiger charge is 2.46. The van der Waals surface area contributed by atoms with Gasteiger partial charge in [-0.15, -0.1) is 4.90 Å². The molecule has 12 N–H and O–H groups in total. The number of aromatic carboxylic acids is 1. The Morgan fingerprint density at radius 3 is 1.04 bits per heavy atom. The number of fused-ring (bicyclic) bond motifs is 3. The molecule has 3 aliphatic heterocycles. The number of esters is 5. The number of carbonyl (C=O) groups excluding carboxylic acids is 11. The highest BCUT2D eigenvalue weighted by molar-refractivity contribution is 8.24. The van der Waals surface area contributed by atoms with Crippen LogP contribution in [0.2, 0.25) is 10.3 Å². The standard InChI is InChI=1S/C15H9ClN2O4.C15H11N2O5.C15H10N2O4.C7H7ClN2O2.C7H8N2O2.C6H6N2O2.C6H15N.CH4O.Cl3OP.H3N/c1-22-15(21)10-6-7-11(17-12(10)16)18-13(19)8-4-2-3-5-9(8)14(18)20;1-22-15(20)9-6-7-12(16(21)8-9)17-13(18)10-4-2-3-5-11(10)14(17)19;1-21-15(20)9-6-7-12(16-8-9)17-13(18)10-4-2-3-5-11(10)14(17)19;1-12-7(11)4-2-3-5(9)10-6(4)8;1-11-7(10)5-2-3-6(8)9-4-5;7-5-2-1-4(3-8-5)6(9)10;1-4-7(5-2)6-3;1-2;1-5(2,3)4;/h2-7H,1H3;2-8,21H,1H3;2-8H,1H3;2-3H,1H3,(H2,9,10);2-4H,1H3,(H2,8,9);1-3H,(H2,7,8)(H,9,10);4-6H2,1-3H3;2H,1H3;;1H3/q;+1;;;;;;;;. The van der Waals surface area contributed by atoms with E-state index in [1.165, 1.54) is 134 Å². The zero-order valence-electron chi connectivity index (χ0n) is 61.2. The van der Waals surface area contributed by atoms with E-state index in [2.05, 4.69) is 108 Å². The normalized spacial score (nSPS) is 11.6. The number of carboxylic acids is 1. The Hall–Kier alpha value is -12.4. The molecule has 41 heteroatoms. The monoisotopic (exact) mass is 1680 g/mol. The third-order valence-electron chi connectivity index (χ3n) is 14.7. The Kier molecular flexibility index (Phi) is 38.3. The van der Waals surface area contributed by atoms with Crippen LogP contribution in [0.5, 0.6) is 0 Å². The summed E-state index contributed by atoms with van der Waals surface area (Å²) in [6.45, 7) is 10.1. The van der Waals surface area contributed by atoms with E-state index in [0.29, 0.717) is 44.2 Å². The lowest BCUT2D eigenvalue weighted by Crippen LogP contribution is -2.43. The molecule has 0 atom stereocenters. The van der Waals surface area contributed by atoms with Gasteiger partial charge in [-0.1, -0.05) is 85.1 Å². The Balaban J connectivity index is 0.000000346. The third-order valence-corrected chi connectivity index (χ3v) is 15.2. The molecule has 6 aromatic heterocycles. The van der Waals surface area contributed by atoms with Crippen molar-refractivity contribution in [3.05, 3.63) is 247 Å². The van der Waals surface area contributed by atoms with Gasteiger partial charge in [0.05, 0.1) is 96.7 Å². The van der Waals surface area contributed by atoms with Crippen molar-refractivity contribution in [1.82, 2.24) is 36.0 Å². The molecule has 0 radical (unpaired) electrons. The van der Waals surface area contributed by atoms with Crippen molar-refractivity contribution in [2.45, 2.75) is 20.8 Å². The van der Waals surface area contributed by atoms with Crippen molar-refractivity contribution in [1.29, 1.82) is 0 Å². The number of rotatable bonds is 12. The van der Waals surface area contributed by atoms with E-state index >= 15 is 0 Å². The van der Waals surface area contributed by atoms with E-state index in [9.17, 15) is 67.3 Å². The molecule has 0 saturated carbocycles. The first-order valence-electron chi connectivity index (χ1n) is 31.8. The molecule has 0 fully saturated rings. The van der Waals surface area contributed by atoms with E-state index in [1.54, 1.807) is 84.9 Å². The summed E-state index contributed by atoms with van der Waals surface area (Å²) < 4.78 is 32.6. The summed E-state index contributed by atoms with van der Waals surface area (Å²) in [6, 6.07) is 36.7. The van der Waals surface area contributed by atoms with Gasteiger partial charge in [0.2, 0.25) is 0 Å². The number of aromatic nitrogens is 6. The molecule has 3 aliphatic rings. The molecule has 0 spiro atoms. The quantitative estimate of drug-likeness (QED) is 0.0114. The average molecular weight is 1680 g/mol. The maximum atomic E-state index is 12.3. The van der Waals surface area contributed by atoms with E-state index in [-0.39, 0.29) is 78.7 Å². The molecule has 6 amide bonds. The van der Waals surface area contributed by atoms with Crippen LogP contribution in [0.4, 0.5) is 34.9 Å². The average Bonchev–Trinajstić information content (AvgIpc) is 1.64. The Labute approximate surface area is 668 Å². The van der Waals surface area contributed by atoms with E-state index in [0.717, 1.165) is 28.0 Å². The number of pyridine rings is 6. The minimum absolute atomic E-state index is 0. The second kappa shape index (κ2) is 45.6. The van der Waals surface area contributed by atoms with Gasteiger partial charge < -0.3 is 67.4 Å². The second-order valence-corrected chi connectivity index (χ2v) is 28.7. The van der Waals surface area contributed by atoms with Gasteiger partial charge in [0.15, 0.2) is 6.20 Å². The number of ether oxygens (including phenoxy) is 5. The summed E-state index contributed by atoms with van der Waals surface area (Å²) in [5, 5.41) is 22.1. The summed E-state index contributed by atoms with van der Waals surface area (Å²) in [5.74, 6) is -5.44. The van der Waals surface area contributed by atoms with E-state index in [1.807, 2.05) is 0 Å². The lowest BCUT2D eigenvalue weighted by atomic mass is 10.1.